The molecular formula is C16H19N3O2. The fraction of sp³-hybridized carbons (Fsp3) is 0.438. The van der Waals surface area contributed by atoms with Crippen molar-refractivity contribution in [2.45, 2.75) is 32.7 Å². The third kappa shape index (κ3) is 2.82. The molecule has 1 N–H and O–H groups in total. The molecular weight excluding hydrogens is 266 g/mol. The number of fused-ring (bicyclic) bond motifs is 1. The molecule has 5 nitrogen and oxygen atoms in total. The number of aromatic carboxylic acids is 1. The van der Waals surface area contributed by atoms with Gasteiger partial charge in [0.25, 0.3) is 0 Å². The lowest BCUT2D eigenvalue weighted by molar-refractivity contribution is 0.0684. The van der Waals surface area contributed by atoms with E-state index in [4.69, 9.17) is 0 Å². The van der Waals surface area contributed by atoms with Crippen LogP contribution in [0, 0.1) is 5.92 Å². The first-order chi connectivity index (χ1) is 10.1. The van der Waals surface area contributed by atoms with Crippen molar-refractivity contribution < 1.29 is 9.90 Å². The third-order valence-electron chi connectivity index (χ3n) is 3.60. The maximum absolute atomic E-state index is 11.3. The number of hydrogen-bond acceptors (Lipinski definition) is 4. The second kappa shape index (κ2) is 5.31. The van der Waals surface area contributed by atoms with E-state index in [2.05, 4.69) is 28.7 Å². The zero-order valence-electron chi connectivity index (χ0n) is 12.3. The van der Waals surface area contributed by atoms with Crippen LogP contribution in [-0.4, -0.2) is 33.6 Å². The average molecular weight is 285 g/mol. The minimum Gasteiger partial charge on any atom is -0.475 e. The van der Waals surface area contributed by atoms with Crippen LogP contribution in [0.25, 0.3) is 10.9 Å². The number of rotatable bonds is 5. The summed E-state index contributed by atoms with van der Waals surface area (Å²) in [7, 11) is 0. The molecule has 5 heteroatoms. The van der Waals surface area contributed by atoms with Gasteiger partial charge >= 0.3 is 5.97 Å². The molecule has 1 saturated carbocycles. The first-order valence-electron chi connectivity index (χ1n) is 7.33. The molecule has 0 atom stereocenters. The summed E-state index contributed by atoms with van der Waals surface area (Å²) in [4.78, 5) is 22.0. The molecule has 0 amide bonds. The quantitative estimate of drug-likeness (QED) is 0.915. The van der Waals surface area contributed by atoms with E-state index in [0.29, 0.717) is 17.5 Å². The smallest absolute Gasteiger partial charge is 0.374 e. The molecule has 1 aromatic carbocycles. The summed E-state index contributed by atoms with van der Waals surface area (Å²) in [5.41, 5.74) is 0.689. The van der Waals surface area contributed by atoms with Gasteiger partial charge in [0.15, 0.2) is 0 Å². The molecule has 1 fully saturated rings. The first-order valence-corrected chi connectivity index (χ1v) is 7.33. The molecule has 2 aromatic rings. The Morgan fingerprint density at radius 1 is 1.33 bits per heavy atom. The van der Waals surface area contributed by atoms with Crippen LogP contribution < -0.4 is 4.90 Å². The number of anilines is 1. The average Bonchev–Trinajstić information content (AvgIpc) is 3.28. The van der Waals surface area contributed by atoms with Crippen LogP contribution in [0.5, 0.6) is 0 Å². The van der Waals surface area contributed by atoms with Crippen molar-refractivity contribution >= 4 is 22.7 Å². The van der Waals surface area contributed by atoms with Gasteiger partial charge in [-0.15, -0.1) is 0 Å². The van der Waals surface area contributed by atoms with Crippen molar-refractivity contribution in [3.8, 4) is 0 Å². The van der Waals surface area contributed by atoms with Crippen LogP contribution in [0.1, 0.15) is 37.3 Å². The zero-order valence-corrected chi connectivity index (χ0v) is 12.3. The second-order valence-electron chi connectivity index (χ2n) is 5.97. The zero-order chi connectivity index (χ0) is 15.0. The maximum atomic E-state index is 11.3. The van der Waals surface area contributed by atoms with Crippen LogP contribution in [-0.2, 0) is 0 Å². The molecule has 0 aliphatic heterocycles. The Hall–Kier alpha value is -2.17. The van der Waals surface area contributed by atoms with Crippen LogP contribution in [0.15, 0.2) is 24.3 Å². The van der Waals surface area contributed by atoms with Crippen molar-refractivity contribution in [3.63, 3.8) is 0 Å². The van der Waals surface area contributed by atoms with Crippen LogP contribution in [0.4, 0.5) is 5.82 Å². The highest BCUT2D eigenvalue weighted by atomic mass is 16.4. The number of hydrogen-bond donors (Lipinski definition) is 1. The number of aromatic nitrogens is 2. The van der Waals surface area contributed by atoms with Gasteiger partial charge in [-0.1, -0.05) is 26.0 Å². The summed E-state index contributed by atoms with van der Waals surface area (Å²) in [6, 6.07) is 8.09. The number of carbonyl (C=O) groups is 1. The fourth-order valence-corrected chi connectivity index (χ4v) is 2.56. The van der Waals surface area contributed by atoms with Crippen molar-refractivity contribution in [2.24, 2.45) is 5.92 Å². The molecule has 0 spiro atoms. The standard InChI is InChI=1S/C16H19N3O2/c1-10(2)9-19(11-7-8-11)15-12-5-3-4-6-13(12)17-14(18-15)16(20)21/h3-6,10-11H,7-9H2,1-2H3,(H,20,21). The lowest BCUT2D eigenvalue weighted by Crippen LogP contribution is -2.31. The molecule has 1 aliphatic rings. The molecule has 1 aliphatic carbocycles. The molecule has 1 aromatic heterocycles. The van der Waals surface area contributed by atoms with E-state index in [0.717, 1.165) is 30.6 Å². The predicted molar refractivity (Wildman–Crippen MR) is 81.7 cm³/mol. The van der Waals surface area contributed by atoms with Gasteiger partial charge in [-0.05, 0) is 30.9 Å². The topological polar surface area (TPSA) is 66.3 Å². The largest absolute Gasteiger partial charge is 0.475 e. The van der Waals surface area contributed by atoms with Gasteiger partial charge in [0, 0.05) is 18.0 Å². The number of carboxylic acids is 1. The molecule has 0 radical (unpaired) electrons. The Balaban J connectivity index is 2.15. The van der Waals surface area contributed by atoms with E-state index in [1.807, 2.05) is 24.3 Å². The molecule has 21 heavy (non-hydrogen) atoms. The van der Waals surface area contributed by atoms with Crippen LogP contribution in [0.2, 0.25) is 0 Å². The number of carboxylic acid groups (broad SMARTS) is 1. The summed E-state index contributed by atoms with van der Waals surface area (Å²) in [5.74, 6) is 0.0437. The van der Waals surface area contributed by atoms with Crippen LogP contribution >= 0.6 is 0 Å². The summed E-state index contributed by atoms with van der Waals surface area (Å²) in [6.45, 7) is 5.21. The molecule has 0 unspecified atom stereocenters. The van der Waals surface area contributed by atoms with Gasteiger partial charge in [0.05, 0.1) is 5.52 Å². The molecule has 110 valence electrons. The Morgan fingerprint density at radius 3 is 2.67 bits per heavy atom. The lowest BCUT2D eigenvalue weighted by atomic mass is 10.1. The highest BCUT2D eigenvalue weighted by molar-refractivity contribution is 5.94. The summed E-state index contributed by atoms with van der Waals surface area (Å²) < 4.78 is 0. The Morgan fingerprint density at radius 2 is 2.05 bits per heavy atom. The van der Waals surface area contributed by atoms with Crippen molar-refractivity contribution in [2.75, 3.05) is 11.4 Å². The first kappa shape index (κ1) is 13.8. The minimum absolute atomic E-state index is 0.127. The highest BCUT2D eigenvalue weighted by Crippen LogP contribution is 2.34. The van der Waals surface area contributed by atoms with Gasteiger partial charge in [0.2, 0.25) is 5.82 Å². The maximum Gasteiger partial charge on any atom is 0.374 e. The lowest BCUT2D eigenvalue weighted by Gasteiger charge is -2.26. The summed E-state index contributed by atoms with van der Waals surface area (Å²) >= 11 is 0. The fourth-order valence-electron chi connectivity index (χ4n) is 2.56. The van der Waals surface area contributed by atoms with E-state index in [9.17, 15) is 9.90 Å². The van der Waals surface area contributed by atoms with E-state index in [1.165, 1.54) is 0 Å². The van der Waals surface area contributed by atoms with Crippen molar-refractivity contribution in [1.29, 1.82) is 0 Å². The van der Waals surface area contributed by atoms with Gasteiger partial charge in [-0.25, -0.2) is 14.8 Å². The molecule has 1 heterocycles. The summed E-state index contributed by atoms with van der Waals surface area (Å²) in [5, 5.41) is 10.2. The number of nitrogens with zero attached hydrogens (tertiary/aromatic N) is 3. The minimum atomic E-state index is -1.08. The number of para-hydroxylation sites is 1. The molecule has 0 saturated heterocycles. The Bertz CT molecular complexity index is 680. The van der Waals surface area contributed by atoms with E-state index in [-0.39, 0.29) is 5.82 Å². The van der Waals surface area contributed by atoms with Gasteiger partial charge < -0.3 is 10.0 Å². The summed E-state index contributed by atoms with van der Waals surface area (Å²) in [6.07, 6.45) is 2.29. The van der Waals surface area contributed by atoms with E-state index >= 15 is 0 Å². The van der Waals surface area contributed by atoms with E-state index < -0.39 is 5.97 Å². The number of benzene rings is 1. The molecule has 3 rings (SSSR count). The monoisotopic (exact) mass is 285 g/mol. The normalized spacial score (nSPS) is 14.6. The van der Waals surface area contributed by atoms with Gasteiger partial charge in [-0.2, -0.15) is 0 Å². The van der Waals surface area contributed by atoms with Gasteiger partial charge in [0.1, 0.15) is 5.82 Å². The van der Waals surface area contributed by atoms with Crippen LogP contribution in [0.3, 0.4) is 0 Å². The highest BCUT2D eigenvalue weighted by Gasteiger charge is 2.32. The molecule has 0 bridgehead atoms. The van der Waals surface area contributed by atoms with Crippen molar-refractivity contribution in [3.05, 3.63) is 30.1 Å². The Labute approximate surface area is 123 Å². The predicted octanol–water partition coefficient (Wildman–Crippen LogP) is 2.95. The van der Waals surface area contributed by atoms with Crippen molar-refractivity contribution in [1.82, 2.24) is 9.97 Å². The Kier molecular flexibility index (Phi) is 3.49. The SMILES string of the molecule is CC(C)CN(c1nc(C(=O)O)nc2ccccc12)C1CC1. The third-order valence-corrected chi connectivity index (χ3v) is 3.60. The van der Waals surface area contributed by atoms with Gasteiger partial charge in [-0.3, -0.25) is 0 Å². The van der Waals surface area contributed by atoms with E-state index in [1.54, 1.807) is 0 Å². The second-order valence-corrected chi connectivity index (χ2v) is 5.97.